The van der Waals surface area contributed by atoms with Gasteiger partial charge in [0.25, 0.3) is 0 Å². The molecule has 1 aromatic rings. The maximum atomic E-state index is 12.0. The van der Waals surface area contributed by atoms with Gasteiger partial charge < -0.3 is 26.5 Å². The monoisotopic (exact) mass is 345 g/mol. The van der Waals surface area contributed by atoms with Gasteiger partial charge in [-0.15, -0.1) is 12.4 Å². The number of benzene rings is 1. The standard InChI is InChI=1S/C16H19NO3.ClH.2H2O/c18-9-1-2-12-13-7-10-11(3-4-14(19)15(10)20)16(12,8-9)5-6-17-13;;;/h3-4,12-13,17,19-20H,1-2,5-8H2;1H;2*1H2/t12-,13+,16+;;;/m0.../s1. The Hall–Kier alpha value is -1.34. The van der Waals surface area contributed by atoms with Crippen molar-refractivity contribution >= 4 is 18.2 Å². The number of carbonyl (C=O) groups excluding carboxylic acids is 1. The zero-order valence-electron chi connectivity index (χ0n) is 12.8. The molecule has 130 valence electrons. The number of hydrogen-bond donors (Lipinski definition) is 3. The summed E-state index contributed by atoms with van der Waals surface area (Å²) < 4.78 is 0. The minimum atomic E-state index is -0.121. The summed E-state index contributed by atoms with van der Waals surface area (Å²) >= 11 is 0. The molecular weight excluding hydrogens is 322 g/mol. The number of fused-ring (bicyclic) bond motifs is 1. The molecule has 2 fully saturated rings. The zero-order chi connectivity index (χ0) is 13.9. The quantitative estimate of drug-likeness (QED) is 0.587. The molecule has 1 saturated heterocycles. The van der Waals surface area contributed by atoms with Crippen LogP contribution < -0.4 is 5.32 Å². The molecule has 7 N–H and O–H groups in total. The fraction of sp³-hybridized carbons (Fsp3) is 0.562. The van der Waals surface area contributed by atoms with E-state index in [1.807, 2.05) is 6.07 Å². The number of carbonyl (C=O) groups is 1. The smallest absolute Gasteiger partial charge is 0.161 e. The van der Waals surface area contributed by atoms with E-state index in [1.54, 1.807) is 6.07 Å². The van der Waals surface area contributed by atoms with Crippen LogP contribution in [0.2, 0.25) is 0 Å². The first-order chi connectivity index (χ1) is 9.62. The summed E-state index contributed by atoms with van der Waals surface area (Å²) in [4.78, 5) is 12.0. The second kappa shape index (κ2) is 6.65. The number of piperidine rings is 1. The predicted molar refractivity (Wildman–Crippen MR) is 88.4 cm³/mol. The summed E-state index contributed by atoms with van der Waals surface area (Å²) in [6, 6.07) is 3.82. The van der Waals surface area contributed by atoms with E-state index >= 15 is 0 Å². The molecule has 1 heterocycles. The summed E-state index contributed by atoms with van der Waals surface area (Å²) in [6.07, 6.45) is 3.90. The molecule has 4 rings (SSSR count). The first-order valence-corrected chi connectivity index (χ1v) is 7.41. The van der Waals surface area contributed by atoms with E-state index in [0.717, 1.165) is 36.9 Å². The van der Waals surface area contributed by atoms with E-state index in [2.05, 4.69) is 5.32 Å². The van der Waals surface area contributed by atoms with Crippen LogP contribution in [0.4, 0.5) is 0 Å². The predicted octanol–water partition coefficient (Wildman–Crippen LogP) is 0.395. The topological polar surface area (TPSA) is 133 Å². The SMILES string of the molecule is Cl.O.O.O=C1CC[C@H]2[C@H]3Cc4c(ccc(O)c4O)[C@@]2(CCN3)C1. The minimum Gasteiger partial charge on any atom is -0.504 e. The number of halogens is 1. The minimum absolute atomic E-state index is 0. The lowest BCUT2D eigenvalue weighted by Gasteiger charge is -2.55. The lowest BCUT2D eigenvalue weighted by Crippen LogP contribution is -2.60. The molecule has 0 radical (unpaired) electrons. The Labute approximate surface area is 140 Å². The molecule has 1 aliphatic heterocycles. The van der Waals surface area contributed by atoms with Crippen molar-refractivity contribution in [2.45, 2.75) is 43.6 Å². The Bertz CT molecular complexity index is 608. The molecule has 1 saturated carbocycles. The maximum Gasteiger partial charge on any atom is 0.161 e. The van der Waals surface area contributed by atoms with Crippen LogP contribution in [0.25, 0.3) is 0 Å². The summed E-state index contributed by atoms with van der Waals surface area (Å²) in [7, 11) is 0. The number of aromatic hydroxyl groups is 2. The Morgan fingerprint density at radius 3 is 2.70 bits per heavy atom. The third-order valence-corrected chi connectivity index (χ3v) is 5.64. The Balaban J connectivity index is 0.000000882. The van der Waals surface area contributed by atoms with Gasteiger partial charge in [-0.2, -0.15) is 0 Å². The van der Waals surface area contributed by atoms with Crippen LogP contribution in [0.5, 0.6) is 11.5 Å². The molecule has 3 aliphatic rings. The highest BCUT2D eigenvalue weighted by Gasteiger charge is 2.53. The molecule has 0 spiro atoms. The molecule has 6 nitrogen and oxygen atoms in total. The molecule has 2 aliphatic carbocycles. The molecule has 0 amide bonds. The third kappa shape index (κ3) is 2.59. The Morgan fingerprint density at radius 2 is 1.96 bits per heavy atom. The highest BCUT2D eigenvalue weighted by Crippen LogP contribution is 2.55. The highest BCUT2D eigenvalue weighted by molar-refractivity contribution is 5.85. The van der Waals surface area contributed by atoms with Crippen molar-refractivity contribution in [2.75, 3.05) is 6.54 Å². The number of hydrogen-bond acceptors (Lipinski definition) is 4. The van der Waals surface area contributed by atoms with Crippen molar-refractivity contribution < 1.29 is 26.0 Å². The molecule has 0 unspecified atom stereocenters. The number of rotatable bonds is 0. The van der Waals surface area contributed by atoms with E-state index in [0.29, 0.717) is 30.6 Å². The van der Waals surface area contributed by atoms with Gasteiger partial charge in [-0.25, -0.2) is 0 Å². The van der Waals surface area contributed by atoms with Gasteiger partial charge in [-0.3, -0.25) is 4.79 Å². The average molecular weight is 346 g/mol. The molecule has 0 aromatic heterocycles. The Kier molecular flexibility index (Phi) is 5.70. The van der Waals surface area contributed by atoms with E-state index < -0.39 is 0 Å². The second-order valence-corrected chi connectivity index (χ2v) is 6.49. The van der Waals surface area contributed by atoms with Crippen molar-refractivity contribution in [3.05, 3.63) is 23.3 Å². The molecule has 7 heteroatoms. The van der Waals surface area contributed by atoms with Gasteiger partial charge in [0.15, 0.2) is 11.5 Å². The number of ketones is 1. The second-order valence-electron chi connectivity index (χ2n) is 6.49. The van der Waals surface area contributed by atoms with Crippen molar-refractivity contribution in [1.82, 2.24) is 5.32 Å². The van der Waals surface area contributed by atoms with E-state index in [1.165, 1.54) is 0 Å². The Morgan fingerprint density at radius 1 is 1.22 bits per heavy atom. The molecule has 1 aromatic carbocycles. The van der Waals surface area contributed by atoms with Gasteiger partial charge in [0, 0.05) is 29.9 Å². The number of phenols is 2. The van der Waals surface area contributed by atoms with Crippen LogP contribution in [0.3, 0.4) is 0 Å². The van der Waals surface area contributed by atoms with E-state index in [-0.39, 0.29) is 40.3 Å². The maximum absolute atomic E-state index is 12.0. The van der Waals surface area contributed by atoms with E-state index in [9.17, 15) is 15.0 Å². The van der Waals surface area contributed by atoms with Crippen LogP contribution in [0, 0.1) is 5.92 Å². The van der Waals surface area contributed by atoms with Crippen molar-refractivity contribution in [1.29, 1.82) is 0 Å². The van der Waals surface area contributed by atoms with E-state index in [4.69, 9.17) is 0 Å². The fourth-order valence-corrected chi connectivity index (χ4v) is 4.81. The summed E-state index contributed by atoms with van der Waals surface area (Å²) in [6.45, 7) is 0.926. The average Bonchev–Trinajstić information content (AvgIpc) is 2.42. The zero-order valence-corrected chi connectivity index (χ0v) is 13.6. The first kappa shape index (κ1) is 19.7. The highest BCUT2D eigenvalue weighted by atomic mass is 35.5. The lowest BCUT2D eigenvalue weighted by molar-refractivity contribution is -0.125. The molecule has 23 heavy (non-hydrogen) atoms. The molecule has 2 bridgehead atoms. The largest absolute Gasteiger partial charge is 0.504 e. The fourth-order valence-electron chi connectivity index (χ4n) is 4.81. The summed E-state index contributed by atoms with van der Waals surface area (Å²) in [5.74, 6) is 0.763. The molecular formula is C16H24ClNO5. The number of nitrogens with one attached hydrogen (secondary N) is 1. The van der Waals surface area contributed by atoms with Gasteiger partial charge in [0.2, 0.25) is 0 Å². The van der Waals surface area contributed by atoms with Crippen LogP contribution >= 0.6 is 12.4 Å². The number of Topliss-reactive ketones (excluding diaryl/α,β-unsaturated/α-hetero) is 1. The number of phenolic OH excluding ortho intramolecular Hbond substituents is 2. The summed E-state index contributed by atoms with van der Waals surface area (Å²) in [5.41, 5.74) is 1.82. The van der Waals surface area contributed by atoms with Gasteiger partial charge >= 0.3 is 0 Å². The lowest BCUT2D eigenvalue weighted by atomic mass is 9.52. The van der Waals surface area contributed by atoms with Gasteiger partial charge in [0.05, 0.1) is 0 Å². The van der Waals surface area contributed by atoms with Crippen molar-refractivity contribution in [2.24, 2.45) is 5.92 Å². The van der Waals surface area contributed by atoms with Gasteiger partial charge in [-0.05, 0) is 43.4 Å². The normalized spacial score (nSPS) is 30.7. The first-order valence-electron chi connectivity index (χ1n) is 7.41. The summed E-state index contributed by atoms with van der Waals surface area (Å²) in [5, 5.41) is 23.5. The van der Waals surface area contributed by atoms with Gasteiger partial charge in [-0.1, -0.05) is 6.07 Å². The van der Waals surface area contributed by atoms with Crippen LogP contribution in [0.1, 0.15) is 36.8 Å². The van der Waals surface area contributed by atoms with Crippen LogP contribution in [-0.4, -0.2) is 39.5 Å². The third-order valence-electron chi connectivity index (χ3n) is 5.64. The van der Waals surface area contributed by atoms with Crippen molar-refractivity contribution in [3.8, 4) is 11.5 Å². The molecule has 3 atom stereocenters. The van der Waals surface area contributed by atoms with Gasteiger partial charge in [0.1, 0.15) is 5.78 Å². The van der Waals surface area contributed by atoms with Crippen molar-refractivity contribution in [3.63, 3.8) is 0 Å². The van der Waals surface area contributed by atoms with Crippen LogP contribution in [0.15, 0.2) is 12.1 Å². The van der Waals surface area contributed by atoms with Crippen LogP contribution in [-0.2, 0) is 16.6 Å².